The number of rotatable bonds is 4. The first-order chi connectivity index (χ1) is 15.3. The fourth-order valence-electron chi connectivity index (χ4n) is 4.73. The number of hydrogen-bond donors (Lipinski definition) is 0. The molecule has 0 aromatic heterocycles. The van der Waals surface area contributed by atoms with Gasteiger partial charge in [-0.25, -0.2) is 4.79 Å². The van der Waals surface area contributed by atoms with Crippen LogP contribution in [0.2, 0.25) is 0 Å². The molecule has 4 rings (SSSR count). The number of Topliss-reactive ketones (excluding diaryl/α,β-unsaturated/α-hetero) is 1. The van der Waals surface area contributed by atoms with Gasteiger partial charge in [-0.3, -0.25) is 4.79 Å². The summed E-state index contributed by atoms with van der Waals surface area (Å²) in [5.41, 5.74) is -0.349. The molecule has 2 fully saturated rings. The van der Waals surface area contributed by atoms with Crippen molar-refractivity contribution >= 4 is 11.9 Å². The lowest BCUT2D eigenvalue weighted by Crippen LogP contribution is -2.48. The molecule has 0 saturated carbocycles. The van der Waals surface area contributed by atoms with Crippen LogP contribution in [0.3, 0.4) is 0 Å². The summed E-state index contributed by atoms with van der Waals surface area (Å²) in [7, 11) is 0. The van der Waals surface area contributed by atoms with E-state index < -0.39 is 23.8 Å². The van der Waals surface area contributed by atoms with Gasteiger partial charge < -0.3 is 9.64 Å². The van der Waals surface area contributed by atoms with Crippen molar-refractivity contribution in [3.8, 4) is 6.07 Å². The van der Waals surface area contributed by atoms with Crippen molar-refractivity contribution in [3.63, 3.8) is 0 Å². The fourth-order valence-corrected chi connectivity index (χ4v) is 4.73. The Morgan fingerprint density at radius 2 is 1.72 bits per heavy atom. The molecule has 2 aliphatic rings. The number of alkyl halides is 3. The van der Waals surface area contributed by atoms with Crippen LogP contribution in [0.1, 0.15) is 52.7 Å². The number of ether oxygens (including phenoxy) is 1. The van der Waals surface area contributed by atoms with Crippen LogP contribution in [-0.2, 0) is 17.5 Å². The van der Waals surface area contributed by atoms with Gasteiger partial charge >= 0.3 is 12.3 Å². The molecule has 0 spiro atoms. The van der Waals surface area contributed by atoms with Gasteiger partial charge in [0, 0.05) is 23.6 Å². The summed E-state index contributed by atoms with van der Waals surface area (Å²) >= 11 is 0. The molecular weight excluding hydrogens is 421 g/mol. The molecule has 5 nitrogen and oxygen atoms in total. The Kier molecular flexibility index (Phi) is 5.92. The maximum atomic E-state index is 13.1. The third-order valence-corrected chi connectivity index (χ3v) is 6.25. The van der Waals surface area contributed by atoms with Crippen molar-refractivity contribution in [2.24, 2.45) is 5.92 Å². The summed E-state index contributed by atoms with van der Waals surface area (Å²) in [5, 5.41) is 9.30. The summed E-state index contributed by atoms with van der Waals surface area (Å²) < 4.78 is 44.3. The second-order valence-corrected chi connectivity index (χ2v) is 8.23. The largest absolute Gasteiger partial charge is 0.445 e. The third kappa shape index (κ3) is 4.33. The van der Waals surface area contributed by atoms with E-state index in [4.69, 9.17) is 4.74 Å². The Morgan fingerprint density at radius 3 is 2.31 bits per heavy atom. The molecule has 2 saturated heterocycles. The molecule has 2 atom stereocenters. The van der Waals surface area contributed by atoms with Gasteiger partial charge in [-0.1, -0.05) is 30.3 Å². The predicted octanol–water partition coefficient (Wildman–Crippen LogP) is 5.34. The van der Waals surface area contributed by atoms with Crippen molar-refractivity contribution in [3.05, 3.63) is 70.8 Å². The molecule has 2 heterocycles. The topological polar surface area (TPSA) is 70.4 Å². The molecule has 2 aromatic rings. The Morgan fingerprint density at radius 1 is 1.06 bits per heavy atom. The molecule has 166 valence electrons. The summed E-state index contributed by atoms with van der Waals surface area (Å²) in [5.74, 6) is -0.793. The van der Waals surface area contributed by atoms with Gasteiger partial charge in [0.05, 0.1) is 17.2 Å². The monoisotopic (exact) mass is 442 g/mol. The second-order valence-electron chi connectivity index (χ2n) is 8.23. The number of benzene rings is 2. The average molecular weight is 442 g/mol. The van der Waals surface area contributed by atoms with Gasteiger partial charge in [-0.05, 0) is 49.4 Å². The van der Waals surface area contributed by atoms with Crippen LogP contribution >= 0.6 is 0 Å². The number of fused-ring (bicyclic) bond motifs is 2. The number of nitriles is 1. The minimum absolute atomic E-state index is 0.00463. The first kappa shape index (κ1) is 21.9. The standard InChI is InChI=1S/C24H21F3N2O3/c25-24(26,27)18-6-9-21(17(10-18)13-28)22(30)16-11-19-7-8-20(12-16)29(19)23(31)32-14-15-4-2-1-3-5-15/h1-6,9-10,16,19-20H,7-8,11-12,14H2. The molecule has 0 aliphatic carbocycles. The van der Waals surface area contributed by atoms with Gasteiger partial charge in [-0.15, -0.1) is 0 Å². The maximum absolute atomic E-state index is 13.1. The van der Waals surface area contributed by atoms with E-state index in [1.54, 1.807) is 11.0 Å². The van der Waals surface area contributed by atoms with Crippen molar-refractivity contribution in [2.45, 2.75) is 50.6 Å². The normalized spacial score (nSPS) is 22.3. The van der Waals surface area contributed by atoms with E-state index in [1.165, 1.54) is 0 Å². The number of nitrogens with zero attached hydrogens (tertiary/aromatic N) is 2. The quantitative estimate of drug-likeness (QED) is 0.600. The molecule has 1 amide bonds. The van der Waals surface area contributed by atoms with E-state index in [0.717, 1.165) is 36.6 Å². The second kappa shape index (κ2) is 8.65. The number of amides is 1. The van der Waals surface area contributed by atoms with Crippen molar-refractivity contribution in [1.82, 2.24) is 4.90 Å². The number of carbonyl (C=O) groups excluding carboxylic acids is 2. The van der Waals surface area contributed by atoms with Gasteiger partial charge in [0.1, 0.15) is 6.61 Å². The molecule has 2 bridgehead atoms. The zero-order valence-electron chi connectivity index (χ0n) is 17.1. The van der Waals surface area contributed by atoms with Crippen LogP contribution < -0.4 is 0 Å². The van der Waals surface area contributed by atoms with E-state index in [2.05, 4.69) is 0 Å². The molecule has 0 radical (unpaired) electrons. The highest BCUT2D eigenvalue weighted by Crippen LogP contribution is 2.41. The van der Waals surface area contributed by atoms with E-state index in [-0.39, 0.29) is 35.6 Å². The molecule has 2 unspecified atom stereocenters. The Hall–Kier alpha value is -3.34. The van der Waals surface area contributed by atoms with E-state index >= 15 is 0 Å². The van der Waals surface area contributed by atoms with E-state index in [9.17, 15) is 28.0 Å². The van der Waals surface area contributed by atoms with Gasteiger partial charge in [-0.2, -0.15) is 18.4 Å². The minimum Gasteiger partial charge on any atom is -0.445 e. The first-order valence-electron chi connectivity index (χ1n) is 10.4. The number of halogens is 3. The van der Waals surface area contributed by atoms with Crippen LogP contribution in [0.4, 0.5) is 18.0 Å². The van der Waals surface area contributed by atoms with E-state index in [0.29, 0.717) is 12.8 Å². The molecule has 2 aromatic carbocycles. The van der Waals surface area contributed by atoms with Gasteiger partial charge in [0.25, 0.3) is 0 Å². The van der Waals surface area contributed by atoms with Crippen molar-refractivity contribution in [1.29, 1.82) is 5.26 Å². The summed E-state index contributed by atoms with van der Waals surface area (Å²) in [6, 6.07) is 13.4. The highest BCUT2D eigenvalue weighted by molar-refractivity contribution is 6.00. The lowest BCUT2D eigenvalue weighted by Gasteiger charge is -2.37. The van der Waals surface area contributed by atoms with Crippen molar-refractivity contribution < 1.29 is 27.5 Å². The number of carbonyl (C=O) groups is 2. The smallest absolute Gasteiger partial charge is 0.416 e. The van der Waals surface area contributed by atoms with Gasteiger partial charge in [0.15, 0.2) is 5.78 Å². The molecule has 2 aliphatic heterocycles. The molecule has 0 N–H and O–H groups in total. The number of hydrogen-bond acceptors (Lipinski definition) is 4. The SMILES string of the molecule is N#Cc1cc(C(F)(F)F)ccc1C(=O)C1CC2CCC(C1)N2C(=O)OCc1ccccc1. The third-order valence-electron chi connectivity index (χ3n) is 6.25. The summed E-state index contributed by atoms with van der Waals surface area (Å²) in [6.07, 6.45) is -2.71. The Labute approximate surface area is 183 Å². The molecule has 8 heteroatoms. The molecular formula is C24H21F3N2O3. The fraction of sp³-hybridized carbons (Fsp3) is 0.375. The lowest BCUT2D eigenvalue weighted by atomic mass is 9.83. The highest BCUT2D eigenvalue weighted by atomic mass is 19.4. The lowest BCUT2D eigenvalue weighted by molar-refractivity contribution is -0.137. The minimum atomic E-state index is -4.59. The average Bonchev–Trinajstić information content (AvgIpc) is 3.06. The Bertz CT molecular complexity index is 1050. The Balaban J connectivity index is 1.45. The first-order valence-corrected chi connectivity index (χ1v) is 10.4. The van der Waals surface area contributed by atoms with Gasteiger partial charge in [0.2, 0.25) is 0 Å². The zero-order valence-corrected chi connectivity index (χ0v) is 17.1. The van der Waals surface area contributed by atoms with E-state index in [1.807, 2.05) is 30.3 Å². The number of ketones is 1. The number of piperidine rings is 1. The zero-order chi connectivity index (χ0) is 22.9. The van der Waals surface area contributed by atoms with Crippen LogP contribution in [0.25, 0.3) is 0 Å². The summed E-state index contributed by atoms with van der Waals surface area (Å²) in [6.45, 7) is 0.162. The van der Waals surface area contributed by atoms with Crippen molar-refractivity contribution in [2.75, 3.05) is 0 Å². The van der Waals surface area contributed by atoms with Crippen LogP contribution in [-0.4, -0.2) is 28.9 Å². The molecule has 32 heavy (non-hydrogen) atoms. The summed E-state index contributed by atoms with van der Waals surface area (Å²) in [4.78, 5) is 27.5. The highest BCUT2D eigenvalue weighted by Gasteiger charge is 2.46. The van der Waals surface area contributed by atoms with Crippen LogP contribution in [0, 0.1) is 17.2 Å². The van der Waals surface area contributed by atoms with Crippen LogP contribution in [0.5, 0.6) is 0 Å². The maximum Gasteiger partial charge on any atom is 0.416 e. The van der Waals surface area contributed by atoms with Crippen LogP contribution in [0.15, 0.2) is 48.5 Å². The predicted molar refractivity (Wildman–Crippen MR) is 108 cm³/mol.